The van der Waals surface area contributed by atoms with E-state index in [4.69, 9.17) is 25.8 Å². The number of aromatic nitrogens is 3. The van der Waals surface area contributed by atoms with Crippen LogP contribution in [-0.2, 0) is 4.74 Å². The van der Waals surface area contributed by atoms with Gasteiger partial charge in [-0.15, -0.1) is 0 Å². The van der Waals surface area contributed by atoms with Crippen molar-refractivity contribution in [3.8, 4) is 11.5 Å². The normalized spacial score (nSPS) is 19.7. The van der Waals surface area contributed by atoms with Crippen LogP contribution in [0.5, 0.6) is 11.5 Å². The molecule has 4 aromatic rings. The molecule has 9 nitrogen and oxygen atoms in total. The zero-order valence-corrected chi connectivity index (χ0v) is 19.9. The van der Waals surface area contributed by atoms with Crippen molar-refractivity contribution in [2.45, 2.75) is 38.7 Å². The third-order valence-corrected chi connectivity index (χ3v) is 6.24. The Bertz CT molecular complexity index is 1360. The van der Waals surface area contributed by atoms with E-state index in [1.54, 1.807) is 4.57 Å². The van der Waals surface area contributed by atoms with Crippen LogP contribution in [0.1, 0.15) is 23.8 Å². The third-order valence-electron chi connectivity index (χ3n) is 5.96. The number of rotatable bonds is 7. The van der Waals surface area contributed by atoms with Crippen LogP contribution in [0, 0.1) is 24.0 Å². The molecular weight excluding hydrogens is 472 g/mol. The molecule has 1 aliphatic rings. The monoisotopic (exact) mass is 494 g/mol. The van der Waals surface area contributed by atoms with Crippen molar-refractivity contribution in [3.63, 3.8) is 0 Å². The second-order valence-corrected chi connectivity index (χ2v) is 8.86. The molecule has 35 heavy (non-hydrogen) atoms. The van der Waals surface area contributed by atoms with Gasteiger partial charge >= 0.3 is 5.69 Å². The summed E-state index contributed by atoms with van der Waals surface area (Å²) in [4.78, 5) is 19.3. The third kappa shape index (κ3) is 4.78. The van der Waals surface area contributed by atoms with Crippen LogP contribution in [0.25, 0.3) is 11.0 Å². The maximum atomic E-state index is 11.7. The predicted octanol–water partition coefficient (Wildman–Crippen LogP) is 5.42. The molecule has 0 unspecified atom stereocenters. The van der Waals surface area contributed by atoms with Gasteiger partial charge in [0, 0.05) is 6.42 Å². The molecule has 2 aromatic heterocycles. The number of pyridine rings is 1. The van der Waals surface area contributed by atoms with Gasteiger partial charge in [0.1, 0.15) is 48.3 Å². The average molecular weight is 495 g/mol. The summed E-state index contributed by atoms with van der Waals surface area (Å²) >= 11 is 6.16. The van der Waals surface area contributed by atoms with Gasteiger partial charge in [-0.25, -0.2) is 9.97 Å². The lowest BCUT2D eigenvalue weighted by Crippen LogP contribution is -2.32. The first-order chi connectivity index (χ1) is 16.9. The molecule has 0 bridgehead atoms. The highest BCUT2D eigenvalue weighted by Crippen LogP contribution is 2.37. The number of hydrogen-bond acceptors (Lipinski definition) is 7. The van der Waals surface area contributed by atoms with E-state index in [1.165, 1.54) is 6.33 Å². The zero-order chi connectivity index (χ0) is 24.5. The highest BCUT2D eigenvalue weighted by molar-refractivity contribution is 6.33. The summed E-state index contributed by atoms with van der Waals surface area (Å²) in [6, 6.07) is 15.5. The molecule has 5 rings (SSSR count). The topological polar surface area (TPSA) is 102 Å². The van der Waals surface area contributed by atoms with E-state index in [1.807, 2.05) is 62.4 Å². The quantitative estimate of drug-likeness (QED) is 0.192. The second kappa shape index (κ2) is 9.52. The van der Waals surface area contributed by atoms with E-state index < -0.39 is 17.3 Å². The Hall–Kier alpha value is -3.69. The number of aryl methyl sites for hydroxylation is 2. The molecule has 0 N–H and O–H groups in total. The molecule has 0 saturated carbocycles. The molecule has 0 aliphatic carbocycles. The molecule has 2 aromatic carbocycles. The van der Waals surface area contributed by atoms with Gasteiger partial charge in [0.25, 0.3) is 0 Å². The summed E-state index contributed by atoms with van der Waals surface area (Å²) in [5.41, 5.74) is 2.58. The summed E-state index contributed by atoms with van der Waals surface area (Å²) in [6.07, 6.45) is 1.69. The average Bonchev–Trinajstić information content (AvgIpc) is 3.45. The lowest BCUT2D eigenvalue weighted by atomic mass is 10.1. The first-order valence-electron chi connectivity index (χ1n) is 11.1. The first kappa shape index (κ1) is 23.1. The number of ether oxygens (including phenoxy) is 3. The number of benzene rings is 2. The molecule has 3 atom stereocenters. The van der Waals surface area contributed by atoms with Crippen LogP contribution in [0.3, 0.4) is 0 Å². The van der Waals surface area contributed by atoms with Crippen molar-refractivity contribution < 1.29 is 19.1 Å². The fourth-order valence-electron chi connectivity index (χ4n) is 4.11. The number of nitro groups is 1. The van der Waals surface area contributed by atoms with Crippen LogP contribution in [0.2, 0.25) is 5.15 Å². The van der Waals surface area contributed by atoms with Crippen LogP contribution >= 0.6 is 11.6 Å². The fourth-order valence-corrected chi connectivity index (χ4v) is 4.29. The number of nitrogens with zero attached hydrogens (tertiary/aromatic N) is 4. The van der Waals surface area contributed by atoms with Gasteiger partial charge in [-0.1, -0.05) is 47.0 Å². The second-order valence-electron chi connectivity index (χ2n) is 8.50. The van der Waals surface area contributed by atoms with Crippen LogP contribution in [0.15, 0.2) is 61.1 Å². The minimum Gasteiger partial charge on any atom is -0.491 e. The molecule has 3 heterocycles. The minimum atomic E-state index is -0.570. The van der Waals surface area contributed by atoms with Gasteiger partial charge < -0.3 is 14.2 Å². The summed E-state index contributed by atoms with van der Waals surface area (Å²) in [5, 5.41) is 11.8. The number of imidazole rings is 1. The largest absolute Gasteiger partial charge is 0.491 e. The van der Waals surface area contributed by atoms with E-state index in [2.05, 4.69) is 9.97 Å². The van der Waals surface area contributed by atoms with Crippen LogP contribution in [0.4, 0.5) is 5.69 Å². The maximum absolute atomic E-state index is 11.7. The lowest BCUT2D eigenvalue weighted by Gasteiger charge is -2.20. The number of fused-ring (bicyclic) bond motifs is 1. The molecule has 1 aliphatic heterocycles. The van der Waals surface area contributed by atoms with Gasteiger partial charge in [0.15, 0.2) is 10.7 Å². The summed E-state index contributed by atoms with van der Waals surface area (Å²) in [7, 11) is 0. The van der Waals surface area contributed by atoms with Crippen molar-refractivity contribution in [1.82, 2.24) is 14.5 Å². The predicted molar refractivity (Wildman–Crippen MR) is 130 cm³/mol. The van der Waals surface area contributed by atoms with Crippen LogP contribution in [-0.4, -0.2) is 38.3 Å². The first-order valence-corrected chi connectivity index (χ1v) is 11.5. The van der Waals surface area contributed by atoms with Gasteiger partial charge in [0.2, 0.25) is 0 Å². The highest BCUT2D eigenvalue weighted by atomic mass is 35.5. The Labute approximate surface area is 206 Å². The SMILES string of the molecule is Cc1ccc(OC[C@H]2O[C@@H](n3cnc4c(Cl)ncc([N+](=O)[O-])c43)C[C@@H]2Oc2ccc(C)cc2)cc1. The van der Waals surface area contributed by atoms with Crippen LogP contribution < -0.4 is 9.47 Å². The van der Waals surface area contributed by atoms with Crippen molar-refractivity contribution in [1.29, 1.82) is 0 Å². The van der Waals surface area contributed by atoms with Crippen molar-refractivity contribution >= 4 is 28.3 Å². The van der Waals surface area contributed by atoms with Gasteiger partial charge in [-0.3, -0.25) is 14.7 Å². The Kier molecular flexibility index (Phi) is 6.27. The smallest absolute Gasteiger partial charge is 0.313 e. The standard InChI is InChI=1S/C25H23ClN4O5/c1-15-3-7-17(8-4-15)33-13-21-20(34-18-9-5-16(2)6-10-18)11-22(35-21)29-14-28-23-24(29)19(30(31)32)12-27-25(23)26/h3-10,12,14,20-22H,11,13H2,1-2H3/t20-,21+,22+/m0/s1. The Morgan fingerprint density at radius 3 is 2.40 bits per heavy atom. The fraction of sp³-hybridized carbons (Fsp3) is 0.280. The Balaban J connectivity index is 1.44. The van der Waals surface area contributed by atoms with E-state index in [9.17, 15) is 10.1 Å². The van der Waals surface area contributed by atoms with Gasteiger partial charge in [-0.2, -0.15) is 0 Å². The molecular formula is C25H23ClN4O5. The van der Waals surface area contributed by atoms with Crippen molar-refractivity contribution in [2.75, 3.05) is 6.61 Å². The zero-order valence-electron chi connectivity index (χ0n) is 19.1. The maximum Gasteiger partial charge on any atom is 0.313 e. The molecule has 1 fully saturated rings. The van der Waals surface area contributed by atoms with Gasteiger partial charge in [0.05, 0.1) is 11.3 Å². The molecule has 0 radical (unpaired) electrons. The van der Waals surface area contributed by atoms with E-state index >= 15 is 0 Å². The minimum absolute atomic E-state index is 0.0917. The van der Waals surface area contributed by atoms with E-state index in [0.29, 0.717) is 12.2 Å². The lowest BCUT2D eigenvalue weighted by molar-refractivity contribution is -0.383. The van der Waals surface area contributed by atoms with Crippen molar-refractivity contribution in [3.05, 3.63) is 87.4 Å². The molecule has 1 saturated heterocycles. The molecule has 0 spiro atoms. The van der Waals surface area contributed by atoms with Gasteiger partial charge in [-0.05, 0) is 38.1 Å². The highest BCUT2D eigenvalue weighted by Gasteiger charge is 2.40. The summed E-state index contributed by atoms with van der Waals surface area (Å²) in [6.45, 7) is 4.26. The molecule has 10 heteroatoms. The van der Waals surface area contributed by atoms with E-state index in [0.717, 1.165) is 23.1 Å². The molecule has 0 amide bonds. The molecule has 180 valence electrons. The summed E-state index contributed by atoms with van der Waals surface area (Å²) in [5.74, 6) is 1.43. The number of hydrogen-bond donors (Lipinski definition) is 0. The van der Waals surface area contributed by atoms with E-state index in [-0.39, 0.29) is 34.6 Å². The Morgan fingerprint density at radius 1 is 1.09 bits per heavy atom. The number of halogens is 1. The Morgan fingerprint density at radius 2 is 1.74 bits per heavy atom. The van der Waals surface area contributed by atoms with Crippen molar-refractivity contribution in [2.24, 2.45) is 0 Å². The summed E-state index contributed by atoms with van der Waals surface area (Å²) < 4.78 is 20.2.